The maximum Gasteiger partial charge on any atom is 0.191 e. The minimum atomic E-state index is 0. The summed E-state index contributed by atoms with van der Waals surface area (Å²) in [7, 11) is 1.80. The minimum absolute atomic E-state index is 0. The summed E-state index contributed by atoms with van der Waals surface area (Å²) in [6, 6.07) is 14.6. The van der Waals surface area contributed by atoms with Gasteiger partial charge in [-0.05, 0) is 11.4 Å². The van der Waals surface area contributed by atoms with E-state index in [-0.39, 0.29) is 29.4 Å². The number of halogens is 1. The average molecular weight is 512 g/mol. The van der Waals surface area contributed by atoms with Gasteiger partial charge in [0, 0.05) is 34.8 Å². The molecule has 0 fully saturated rings. The van der Waals surface area contributed by atoms with E-state index in [1.165, 1.54) is 4.88 Å². The Bertz CT molecular complexity index is 842. The summed E-state index contributed by atoms with van der Waals surface area (Å²) in [6.45, 7) is 5.96. The summed E-state index contributed by atoms with van der Waals surface area (Å²) in [4.78, 5) is 10.4. The number of nitrogens with zero attached hydrogens (tertiary/aromatic N) is 2. The molecule has 2 N–H and O–H groups in total. The van der Waals surface area contributed by atoms with Crippen molar-refractivity contribution < 1.29 is 0 Å². The van der Waals surface area contributed by atoms with E-state index in [4.69, 9.17) is 4.98 Å². The van der Waals surface area contributed by atoms with Crippen LogP contribution in [0.5, 0.6) is 0 Å². The molecule has 0 aliphatic heterocycles. The first kappa shape index (κ1) is 21.8. The quantitative estimate of drug-likeness (QED) is 0.274. The van der Waals surface area contributed by atoms with Gasteiger partial charge in [-0.3, -0.25) is 4.99 Å². The normalized spacial score (nSPS) is 11.7. The molecular formula is C20H25IN4S2. The van der Waals surface area contributed by atoms with Crippen LogP contribution in [0.1, 0.15) is 24.4 Å². The minimum Gasteiger partial charge on any atom is -0.356 e. The third kappa shape index (κ3) is 6.02. The van der Waals surface area contributed by atoms with E-state index in [1.54, 1.807) is 29.7 Å². The van der Waals surface area contributed by atoms with Gasteiger partial charge in [-0.25, -0.2) is 4.98 Å². The van der Waals surface area contributed by atoms with Gasteiger partial charge in [0.1, 0.15) is 5.01 Å². The number of aliphatic imine (C=N–C) groups is 1. The Labute approximate surface area is 186 Å². The highest BCUT2D eigenvalue weighted by molar-refractivity contribution is 14.0. The molecule has 0 aliphatic rings. The second-order valence-electron chi connectivity index (χ2n) is 6.65. The maximum atomic E-state index is 4.71. The summed E-state index contributed by atoms with van der Waals surface area (Å²) in [6.07, 6.45) is 0. The molecule has 0 bridgehead atoms. The number of thiophene rings is 1. The molecule has 0 atom stereocenters. The van der Waals surface area contributed by atoms with Gasteiger partial charge in [0.05, 0.1) is 12.2 Å². The largest absolute Gasteiger partial charge is 0.356 e. The summed E-state index contributed by atoms with van der Waals surface area (Å²) in [5.41, 5.74) is 2.24. The first-order chi connectivity index (χ1) is 12.6. The Morgan fingerprint density at radius 2 is 1.85 bits per heavy atom. The fraction of sp³-hybridized carbons (Fsp3) is 0.300. The summed E-state index contributed by atoms with van der Waals surface area (Å²) >= 11 is 3.46. The molecule has 3 rings (SSSR count). The van der Waals surface area contributed by atoms with Gasteiger partial charge in [-0.2, -0.15) is 0 Å². The van der Waals surface area contributed by atoms with E-state index in [0.29, 0.717) is 6.54 Å². The lowest BCUT2D eigenvalue weighted by atomic mass is 9.91. The molecule has 0 aliphatic carbocycles. The zero-order valence-electron chi connectivity index (χ0n) is 15.7. The fourth-order valence-corrected chi connectivity index (χ4v) is 4.23. The smallest absolute Gasteiger partial charge is 0.191 e. The number of guanidine groups is 1. The van der Waals surface area contributed by atoms with Crippen LogP contribution in [-0.2, 0) is 12.0 Å². The van der Waals surface area contributed by atoms with E-state index >= 15 is 0 Å². The highest BCUT2D eigenvalue weighted by atomic mass is 127. The maximum absolute atomic E-state index is 4.71. The molecule has 27 heavy (non-hydrogen) atoms. The molecule has 2 heterocycles. The van der Waals surface area contributed by atoms with Gasteiger partial charge in [0.25, 0.3) is 0 Å². The van der Waals surface area contributed by atoms with Gasteiger partial charge in [0.15, 0.2) is 5.96 Å². The number of rotatable bonds is 6. The van der Waals surface area contributed by atoms with Crippen LogP contribution in [0.2, 0.25) is 0 Å². The Hall–Kier alpha value is -1.45. The van der Waals surface area contributed by atoms with Gasteiger partial charge in [-0.1, -0.05) is 50.2 Å². The lowest BCUT2D eigenvalue weighted by Gasteiger charge is -2.25. The Kier molecular flexibility index (Phi) is 8.25. The number of benzene rings is 1. The SMILES string of the molecule is CN=C(NCc1csc(-c2ccccc2)n1)NCC(C)(C)c1cccs1.I. The monoisotopic (exact) mass is 512 g/mol. The predicted octanol–water partition coefficient (Wildman–Crippen LogP) is 5.13. The van der Waals surface area contributed by atoms with E-state index in [0.717, 1.165) is 28.8 Å². The lowest BCUT2D eigenvalue weighted by Crippen LogP contribution is -2.43. The number of aromatic nitrogens is 1. The van der Waals surface area contributed by atoms with Gasteiger partial charge in [0.2, 0.25) is 0 Å². The van der Waals surface area contributed by atoms with E-state index in [9.17, 15) is 0 Å². The lowest BCUT2D eigenvalue weighted by molar-refractivity contribution is 0.518. The summed E-state index contributed by atoms with van der Waals surface area (Å²) in [5, 5.41) is 12.0. The van der Waals surface area contributed by atoms with Crippen LogP contribution in [-0.4, -0.2) is 24.5 Å². The third-order valence-electron chi connectivity index (χ3n) is 4.12. The summed E-state index contributed by atoms with van der Waals surface area (Å²) < 4.78 is 0. The molecule has 144 valence electrons. The van der Waals surface area contributed by atoms with Crippen LogP contribution in [0, 0.1) is 0 Å². The molecule has 0 spiro atoms. The third-order valence-corrected chi connectivity index (χ3v) is 6.30. The molecule has 3 aromatic rings. The molecule has 4 nitrogen and oxygen atoms in total. The Morgan fingerprint density at radius 3 is 2.52 bits per heavy atom. The Morgan fingerprint density at radius 1 is 1.07 bits per heavy atom. The van der Waals surface area contributed by atoms with Crippen molar-refractivity contribution >= 4 is 52.6 Å². The van der Waals surface area contributed by atoms with E-state index < -0.39 is 0 Å². The molecule has 0 radical (unpaired) electrons. The zero-order chi connectivity index (χ0) is 18.4. The van der Waals surface area contributed by atoms with Gasteiger partial charge >= 0.3 is 0 Å². The molecular weight excluding hydrogens is 487 g/mol. The number of hydrogen-bond acceptors (Lipinski definition) is 4. The van der Waals surface area contributed by atoms with Crippen molar-refractivity contribution in [1.82, 2.24) is 15.6 Å². The van der Waals surface area contributed by atoms with Crippen LogP contribution in [0.15, 0.2) is 58.2 Å². The standard InChI is InChI=1S/C20H24N4S2.HI/c1-20(2,17-10-7-11-25-17)14-23-19(21-3)22-12-16-13-26-18(24-16)15-8-5-4-6-9-15;/h4-11,13H,12,14H2,1-3H3,(H2,21,22,23);1H. The number of hydrogen-bond donors (Lipinski definition) is 2. The van der Waals surface area contributed by atoms with Crippen molar-refractivity contribution in [3.8, 4) is 10.6 Å². The van der Waals surface area contributed by atoms with Crippen LogP contribution < -0.4 is 10.6 Å². The molecule has 2 aromatic heterocycles. The van der Waals surface area contributed by atoms with Crippen LogP contribution in [0.4, 0.5) is 0 Å². The van der Waals surface area contributed by atoms with Crippen molar-refractivity contribution in [2.75, 3.05) is 13.6 Å². The molecule has 7 heteroatoms. The summed E-state index contributed by atoms with van der Waals surface area (Å²) in [5.74, 6) is 0.795. The topological polar surface area (TPSA) is 49.3 Å². The van der Waals surface area contributed by atoms with Crippen molar-refractivity contribution in [3.05, 3.63) is 63.8 Å². The fourth-order valence-electron chi connectivity index (χ4n) is 2.55. The van der Waals surface area contributed by atoms with Gasteiger partial charge < -0.3 is 10.6 Å². The van der Waals surface area contributed by atoms with Crippen molar-refractivity contribution in [1.29, 1.82) is 0 Å². The second-order valence-corrected chi connectivity index (χ2v) is 8.46. The molecule has 0 saturated heterocycles. The van der Waals surface area contributed by atoms with Crippen molar-refractivity contribution in [2.24, 2.45) is 4.99 Å². The first-order valence-corrected chi connectivity index (χ1v) is 10.3. The highest BCUT2D eigenvalue weighted by Crippen LogP contribution is 2.26. The second kappa shape index (κ2) is 10.2. The average Bonchev–Trinajstić information content (AvgIpc) is 3.35. The Balaban J connectivity index is 0.00000261. The van der Waals surface area contributed by atoms with Gasteiger partial charge in [-0.15, -0.1) is 46.7 Å². The van der Waals surface area contributed by atoms with E-state index in [1.807, 2.05) is 18.2 Å². The molecule has 0 amide bonds. The zero-order valence-corrected chi connectivity index (χ0v) is 19.7. The van der Waals surface area contributed by atoms with Crippen LogP contribution >= 0.6 is 46.7 Å². The molecule has 0 unspecified atom stereocenters. The van der Waals surface area contributed by atoms with Crippen molar-refractivity contribution in [2.45, 2.75) is 25.8 Å². The van der Waals surface area contributed by atoms with Crippen LogP contribution in [0.3, 0.4) is 0 Å². The predicted molar refractivity (Wildman–Crippen MR) is 129 cm³/mol. The number of nitrogens with one attached hydrogen (secondary N) is 2. The van der Waals surface area contributed by atoms with Crippen LogP contribution in [0.25, 0.3) is 10.6 Å². The van der Waals surface area contributed by atoms with Crippen molar-refractivity contribution in [3.63, 3.8) is 0 Å². The van der Waals surface area contributed by atoms with E-state index in [2.05, 4.69) is 64.5 Å². The first-order valence-electron chi connectivity index (χ1n) is 8.57. The number of thiazole rings is 1. The molecule has 1 aromatic carbocycles. The molecule has 0 saturated carbocycles. The highest BCUT2D eigenvalue weighted by Gasteiger charge is 2.21.